The van der Waals surface area contributed by atoms with E-state index in [1.807, 2.05) is 14.0 Å². The van der Waals surface area contributed by atoms with Crippen LogP contribution in [0.3, 0.4) is 0 Å². The first kappa shape index (κ1) is 11.6. The number of aromatic amines is 1. The predicted molar refractivity (Wildman–Crippen MR) is 61.4 cm³/mol. The Morgan fingerprint density at radius 1 is 1.56 bits per heavy atom. The Labute approximate surface area is 95.7 Å². The molecule has 1 aliphatic rings. The molecule has 6 heteroatoms. The second-order valence-corrected chi connectivity index (χ2v) is 6.05. The lowest BCUT2D eigenvalue weighted by Crippen LogP contribution is -2.26. The summed E-state index contributed by atoms with van der Waals surface area (Å²) >= 11 is 0. The number of hydrogen-bond donors (Lipinski definition) is 3. The second kappa shape index (κ2) is 4.20. The van der Waals surface area contributed by atoms with E-state index in [1.165, 1.54) is 6.20 Å². The number of sulfonamides is 1. The van der Waals surface area contributed by atoms with E-state index in [4.69, 9.17) is 0 Å². The molecule has 0 spiro atoms. The van der Waals surface area contributed by atoms with Gasteiger partial charge in [0.15, 0.2) is 0 Å². The summed E-state index contributed by atoms with van der Waals surface area (Å²) < 4.78 is 26.5. The van der Waals surface area contributed by atoms with Crippen LogP contribution in [0.25, 0.3) is 0 Å². The molecule has 1 heterocycles. The third-order valence-corrected chi connectivity index (χ3v) is 4.28. The van der Waals surface area contributed by atoms with Gasteiger partial charge in [0.1, 0.15) is 0 Å². The molecule has 5 nitrogen and oxygen atoms in total. The van der Waals surface area contributed by atoms with E-state index in [0.29, 0.717) is 17.4 Å². The van der Waals surface area contributed by atoms with E-state index in [2.05, 4.69) is 15.0 Å². The largest absolute Gasteiger partial charge is 0.363 e. The fraction of sp³-hybridized carbons (Fsp3) is 0.600. The third-order valence-electron chi connectivity index (χ3n) is 2.81. The minimum atomic E-state index is -3.34. The summed E-state index contributed by atoms with van der Waals surface area (Å²) in [5.41, 5.74) is 0.867. The maximum atomic E-state index is 11.9. The van der Waals surface area contributed by atoms with Crippen LogP contribution in [0.15, 0.2) is 17.2 Å². The molecule has 1 aromatic rings. The lowest BCUT2D eigenvalue weighted by Gasteiger charge is -2.02. The minimum Gasteiger partial charge on any atom is -0.363 e. The van der Waals surface area contributed by atoms with Gasteiger partial charge in [0.2, 0.25) is 10.0 Å². The second-order valence-electron chi connectivity index (χ2n) is 4.33. The van der Waals surface area contributed by atoms with Gasteiger partial charge in [-0.3, -0.25) is 0 Å². The maximum absolute atomic E-state index is 11.9. The van der Waals surface area contributed by atoms with E-state index in [1.54, 1.807) is 6.07 Å². The van der Waals surface area contributed by atoms with Crippen molar-refractivity contribution < 1.29 is 8.42 Å². The Hall–Kier alpha value is -0.850. The van der Waals surface area contributed by atoms with Crippen LogP contribution in [0.1, 0.15) is 19.0 Å². The monoisotopic (exact) mass is 243 g/mol. The topological polar surface area (TPSA) is 74.0 Å². The Kier molecular flexibility index (Phi) is 3.05. The highest BCUT2D eigenvalue weighted by Gasteiger charge is 2.36. The first-order valence-corrected chi connectivity index (χ1v) is 6.85. The number of aromatic nitrogens is 1. The van der Waals surface area contributed by atoms with Crippen molar-refractivity contribution in [2.75, 3.05) is 7.05 Å². The van der Waals surface area contributed by atoms with Crippen LogP contribution in [0, 0.1) is 5.92 Å². The van der Waals surface area contributed by atoms with Gasteiger partial charge in [-0.1, -0.05) is 6.92 Å². The standard InChI is InChI=1S/C10H17N3O2S/c1-7-3-10(7)13-16(14,15)9-4-8(5-11-2)12-6-9/h4,6-7,10-13H,3,5H2,1-2H3. The Morgan fingerprint density at radius 3 is 2.81 bits per heavy atom. The molecule has 3 N–H and O–H groups in total. The van der Waals surface area contributed by atoms with Crippen molar-refractivity contribution >= 4 is 10.0 Å². The first-order valence-electron chi connectivity index (χ1n) is 5.37. The van der Waals surface area contributed by atoms with Gasteiger partial charge in [-0.05, 0) is 25.5 Å². The highest BCUT2D eigenvalue weighted by molar-refractivity contribution is 7.89. The zero-order chi connectivity index (χ0) is 11.8. The minimum absolute atomic E-state index is 0.118. The van der Waals surface area contributed by atoms with Gasteiger partial charge < -0.3 is 10.3 Å². The van der Waals surface area contributed by atoms with Crippen LogP contribution in [-0.2, 0) is 16.6 Å². The van der Waals surface area contributed by atoms with E-state index >= 15 is 0 Å². The Morgan fingerprint density at radius 2 is 2.25 bits per heavy atom. The third kappa shape index (κ3) is 2.45. The quantitative estimate of drug-likeness (QED) is 0.701. The van der Waals surface area contributed by atoms with Crippen LogP contribution >= 0.6 is 0 Å². The Balaban J connectivity index is 2.09. The van der Waals surface area contributed by atoms with Gasteiger partial charge in [-0.15, -0.1) is 0 Å². The fourth-order valence-corrected chi connectivity index (χ4v) is 2.99. The van der Waals surface area contributed by atoms with Gasteiger partial charge in [0, 0.05) is 24.5 Å². The van der Waals surface area contributed by atoms with Crippen LogP contribution in [0.2, 0.25) is 0 Å². The van der Waals surface area contributed by atoms with E-state index < -0.39 is 10.0 Å². The average Bonchev–Trinajstić information content (AvgIpc) is 2.71. The number of nitrogens with one attached hydrogen (secondary N) is 3. The summed E-state index contributed by atoms with van der Waals surface area (Å²) in [7, 11) is -1.52. The molecular formula is C10H17N3O2S. The van der Waals surface area contributed by atoms with Crippen LogP contribution < -0.4 is 10.0 Å². The van der Waals surface area contributed by atoms with Crippen molar-refractivity contribution in [3.8, 4) is 0 Å². The van der Waals surface area contributed by atoms with Crippen LogP contribution in [0.5, 0.6) is 0 Å². The molecule has 0 amide bonds. The molecule has 2 atom stereocenters. The molecule has 0 aliphatic heterocycles. The normalized spacial score (nSPS) is 24.6. The van der Waals surface area contributed by atoms with Crippen molar-refractivity contribution in [2.45, 2.75) is 30.8 Å². The molecule has 1 fully saturated rings. The summed E-state index contributed by atoms with van der Waals surface area (Å²) in [5.74, 6) is 0.463. The molecule has 0 aromatic carbocycles. The fourth-order valence-electron chi connectivity index (χ4n) is 1.62. The Bertz CT molecular complexity index is 466. The summed E-state index contributed by atoms with van der Waals surface area (Å²) in [5, 5.41) is 2.96. The van der Waals surface area contributed by atoms with Gasteiger partial charge in [0.05, 0.1) is 4.90 Å². The van der Waals surface area contributed by atoms with Gasteiger partial charge in [-0.2, -0.15) is 0 Å². The van der Waals surface area contributed by atoms with E-state index in [-0.39, 0.29) is 6.04 Å². The van der Waals surface area contributed by atoms with Crippen molar-refractivity contribution in [3.63, 3.8) is 0 Å². The molecule has 2 unspecified atom stereocenters. The molecule has 1 aliphatic carbocycles. The van der Waals surface area contributed by atoms with E-state index in [9.17, 15) is 8.42 Å². The lowest BCUT2D eigenvalue weighted by atomic mass is 10.4. The lowest BCUT2D eigenvalue weighted by molar-refractivity contribution is 0.578. The van der Waals surface area contributed by atoms with Crippen molar-refractivity contribution in [1.29, 1.82) is 0 Å². The highest BCUT2D eigenvalue weighted by Crippen LogP contribution is 2.30. The summed E-state index contributed by atoms with van der Waals surface area (Å²) in [6, 6.07) is 1.78. The average molecular weight is 243 g/mol. The van der Waals surface area contributed by atoms with Crippen molar-refractivity contribution in [3.05, 3.63) is 18.0 Å². The zero-order valence-electron chi connectivity index (χ0n) is 9.45. The summed E-state index contributed by atoms with van der Waals surface area (Å²) in [4.78, 5) is 3.25. The van der Waals surface area contributed by atoms with Crippen molar-refractivity contribution in [2.24, 2.45) is 5.92 Å². The first-order chi connectivity index (χ1) is 7.53. The molecular weight excluding hydrogens is 226 g/mol. The SMILES string of the molecule is CNCc1cc(S(=O)(=O)NC2CC2C)c[nH]1. The number of rotatable bonds is 5. The van der Waals surface area contributed by atoms with Crippen molar-refractivity contribution in [1.82, 2.24) is 15.0 Å². The molecule has 2 rings (SSSR count). The smallest absolute Gasteiger partial charge is 0.242 e. The molecule has 0 radical (unpaired) electrons. The van der Waals surface area contributed by atoms with Crippen LogP contribution in [-0.4, -0.2) is 26.5 Å². The van der Waals surface area contributed by atoms with Gasteiger partial charge in [0.25, 0.3) is 0 Å². The number of hydrogen-bond acceptors (Lipinski definition) is 3. The maximum Gasteiger partial charge on any atom is 0.242 e. The number of H-pyrrole nitrogens is 1. The van der Waals surface area contributed by atoms with Gasteiger partial charge >= 0.3 is 0 Å². The molecule has 16 heavy (non-hydrogen) atoms. The van der Waals surface area contributed by atoms with Gasteiger partial charge in [-0.25, -0.2) is 13.1 Å². The molecule has 90 valence electrons. The molecule has 0 bridgehead atoms. The van der Waals surface area contributed by atoms with Crippen LogP contribution in [0.4, 0.5) is 0 Å². The molecule has 0 saturated heterocycles. The molecule has 1 aromatic heterocycles. The van der Waals surface area contributed by atoms with E-state index in [0.717, 1.165) is 12.1 Å². The highest BCUT2D eigenvalue weighted by atomic mass is 32.2. The predicted octanol–water partition coefficient (Wildman–Crippen LogP) is 0.421. The summed E-state index contributed by atoms with van der Waals surface area (Å²) in [6.07, 6.45) is 2.47. The summed E-state index contributed by atoms with van der Waals surface area (Å²) in [6.45, 7) is 2.67. The molecule has 1 saturated carbocycles. The zero-order valence-corrected chi connectivity index (χ0v) is 10.3.